The van der Waals surface area contributed by atoms with Crippen LogP contribution < -0.4 is 0 Å². The molecule has 3 heterocycles. The van der Waals surface area contributed by atoms with Crippen LogP contribution in [0.25, 0.3) is 89.7 Å². The molecule has 0 atom stereocenters. The van der Waals surface area contributed by atoms with E-state index in [1.165, 1.54) is 11.1 Å². The normalized spacial score (nSPS) is 11.3. The fraction of sp³-hybridized carbons (Fsp3) is 0. The topological polar surface area (TPSA) is 35.1 Å². The Morgan fingerprint density at radius 3 is 1.50 bits per heavy atom. The molecule has 0 amide bonds. The quantitative estimate of drug-likeness (QED) is 0.167. The van der Waals surface area contributed by atoms with Crippen molar-refractivity contribution in [2.45, 2.75) is 0 Å². The molecular formula is C50H34N4. The molecule has 0 fully saturated rings. The van der Waals surface area contributed by atoms with E-state index in [4.69, 9.17) is 9.97 Å². The number of aromatic nitrogens is 4. The summed E-state index contributed by atoms with van der Waals surface area (Å²) in [4.78, 5) is 10.1. The van der Waals surface area contributed by atoms with Gasteiger partial charge in [-0.3, -0.25) is 8.97 Å². The first-order valence-corrected chi connectivity index (χ1v) is 18.2. The van der Waals surface area contributed by atoms with E-state index in [0.29, 0.717) is 0 Å². The highest BCUT2D eigenvalue weighted by atomic mass is 15.1. The van der Waals surface area contributed by atoms with Crippen molar-refractivity contribution in [2.75, 3.05) is 0 Å². The number of rotatable bonds is 7. The van der Waals surface area contributed by atoms with E-state index in [0.717, 1.165) is 78.5 Å². The number of hydrogen-bond acceptors (Lipinski definition) is 2. The van der Waals surface area contributed by atoms with Crippen LogP contribution in [-0.4, -0.2) is 18.9 Å². The first kappa shape index (κ1) is 31.4. The van der Waals surface area contributed by atoms with Crippen LogP contribution in [0.5, 0.6) is 0 Å². The van der Waals surface area contributed by atoms with Gasteiger partial charge >= 0.3 is 0 Å². The molecule has 0 saturated carbocycles. The number of fused-ring (bicyclic) bond motifs is 2. The largest absolute Gasteiger partial charge is 0.299 e. The first-order chi connectivity index (χ1) is 26.8. The predicted molar refractivity (Wildman–Crippen MR) is 222 cm³/mol. The Kier molecular flexibility index (Phi) is 7.77. The second-order valence-electron chi connectivity index (χ2n) is 13.5. The lowest BCUT2D eigenvalue weighted by Gasteiger charge is -2.14. The summed E-state index contributed by atoms with van der Waals surface area (Å²) in [7, 11) is 0. The average molecular weight is 691 g/mol. The molecule has 0 saturated heterocycles. The predicted octanol–water partition coefficient (Wildman–Crippen LogP) is 12.7. The molecule has 4 nitrogen and oxygen atoms in total. The summed E-state index contributed by atoms with van der Waals surface area (Å²) in [5.41, 5.74) is 16.4. The summed E-state index contributed by atoms with van der Waals surface area (Å²) >= 11 is 0. The summed E-state index contributed by atoms with van der Waals surface area (Å²) in [6, 6.07) is 70.7. The zero-order valence-corrected chi connectivity index (χ0v) is 29.4. The van der Waals surface area contributed by atoms with Gasteiger partial charge in [0, 0.05) is 28.6 Å². The average Bonchev–Trinajstić information content (AvgIpc) is 3.84. The standard InChI is InChI=1S/C50H34N4/c1-4-14-35(15-5-1)41-32-42(36-23-25-39(26-24-36)49-48(38-16-6-2-7-17-38)52-47-22-12-13-31-53(47)49)34-43(33-41)37-27-29-44(30-28-37)54-46-21-11-10-20-45(46)51-50(54)40-18-8-3-9-19-40/h1-34H. The maximum absolute atomic E-state index is 5.05. The maximum Gasteiger partial charge on any atom is 0.145 e. The van der Waals surface area contributed by atoms with E-state index >= 15 is 0 Å². The lowest BCUT2D eigenvalue weighted by atomic mass is 9.92. The van der Waals surface area contributed by atoms with Crippen molar-refractivity contribution in [3.05, 3.63) is 206 Å². The molecule has 7 aromatic carbocycles. The van der Waals surface area contributed by atoms with Gasteiger partial charge in [-0.1, -0.05) is 146 Å². The second-order valence-corrected chi connectivity index (χ2v) is 13.5. The van der Waals surface area contributed by atoms with Crippen molar-refractivity contribution >= 4 is 16.7 Å². The maximum atomic E-state index is 5.05. The first-order valence-electron chi connectivity index (χ1n) is 18.2. The molecule has 0 N–H and O–H groups in total. The zero-order chi connectivity index (χ0) is 35.8. The van der Waals surface area contributed by atoms with Gasteiger partial charge in [0.05, 0.1) is 22.4 Å². The number of nitrogens with zero attached hydrogens (tertiary/aromatic N) is 4. The number of para-hydroxylation sites is 2. The Morgan fingerprint density at radius 2 is 0.852 bits per heavy atom. The molecule has 4 heteroatoms. The van der Waals surface area contributed by atoms with E-state index in [9.17, 15) is 0 Å². The minimum absolute atomic E-state index is 0.930. The van der Waals surface area contributed by atoms with Crippen LogP contribution in [0.2, 0.25) is 0 Å². The van der Waals surface area contributed by atoms with Gasteiger partial charge in [-0.2, -0.15) is 0 Å². The number of pyridine rings is 1. The molecule has 54 heavy (non-hydrogen) atoms. The smallest absolute Gasteiger partial charge is 0.145 e. The lowest BCUT2D eigenvalue weighted by Crippen LogP contribution is -1.97. The molecule has 0 unspecified atom stereocenters. The highest BCUT2D eigenvalue weighted by Crippen LogP contribution is 2.37. The minimum Gasteiger partial charge on any atom is -0.299 e. The fourth-order valence-electron chi connectivity index (χ4n) is 7.52. The monoisotopic (exact) mass is 690 g/mol. The third-order valence-corrected chi connectivity index (χ3v) is 10.2. The molecule has 0 aliphatic rings. The van der Waals surface area contributed by atoms with Crippen LogP contribution in [0.3, 0.4) is 0 Å². The molecule has 3 aromatic heterocycles. The Bertz CT molecular complexity index is 2710. The summed E-state index contributed by atoms with van der Waals surface area (Å²) in [6.45, 7) is 0. The molecule has 254 valence electrons. The molecule has 10 aromatic rings. The van der Waals surface area contributed by atoms with Crippen LogP contribution >= 0.6 is 0 Å². The van der Waals surface area contributed by atoms with Crippen LogP contribution in [-0.2, 0) is 0 Å². The van der Waals surface area contributed by atoms with Gasteiger partial charge in [0.2, 0.25) is 0 Å². The van der Waals surface area contributed by atoms with Crippen LogP contribution in [0.4, 0.5) is 0 Å². The van der Waals surface area contributed by atoms with Crippen molar-refractivity contribution in [2.24, 2.45) is 0 Å². The molecule has 0 spiro atoms. The Hall–Kier alpha value is -7.30. The van der Waals surface area contributed by atoms with E-state index in [-0.39, 0.29) is 0 Å². The molecule has 0 bridgehead atoms. The molecule has 10 rings (SSSR count). The lowest BCUT2D eigenvalue weighted by molar-refractivity contribution is 1.10. The second kappa shape index (κ2) is 13.4. The highest BCUT2D eigenvalue weighted by Gasteiger charge is 2.17. The van der Waals surface area contributed by atoms with Crippen molar-refractivity contribution in [1.82, 2.24) is 18.9 Å². The van der Waals surface area contributed by atoms with Crippen LogP contribution in [0.15, 0.2) is 206 Å². The number of imidazole rings is 2. The van der Waals surface area contributed by atoms with Crippen molar-refractivity contribution < 1.29 is 0 Å². The van der Waals surface area contributed by atoms with Gasteiger partial charge < -0.3 is 0 Å². The van der Waals surface area contributed by atoms with E-state index in [1.54, 1.807) is 0 Å². The van der Waals surface area contributed by atoms with Crippen LogP contribution in [0.1, 0.15) is 0 Å². The van der Waals surface area contributed by atoms with Crippen molar-refractivity contribution in [3.8, 4) is 73.0 Å². The molecule has 0 aliphatic heterocycles. The van der Waals surface area contributed by atoms with Crippen molar-refractivity contribution in [1.29, 1.82) is 0 Å². The van der Waals surface area contributed by atoms with Gasteiger partial charge in [-0.15, -0.1) is 0 Å². The number of benzene rings is 7. The van der Waals surface area contributed by atoms with E-state index in [1.807, 2.05) is 24.3 Å². The SMILES string of the molecule is c1ccc(-c2cc(-c3ccc(-c4c(-c5ccccc5)nc5ccccn45)cc3)cc(-c3ccc(-n4c(-c5ccccc5)nc5ccccc54)cc3)c2)cc1. The fourth-order valence-corrected chi connectivity index (χ4v) is 7.52. The van der Waals surface area contributed by atoms with Gasteiger partial charge in [-0.05, 0) is 88.0 Å². The summed E-state index contributed by atoms with van der Waals surface area (Å²) in [6.07, 6.45) is 2.09. The highest BCUT2D eigenvalue weighted by molar-refractivity contribution is 5.86. The zero-order valence-electron chi connectivity index (χ0n) is 29.4. The minimum atomic E-state index is 0.930. The number of hydrogen-bond donors (Lipinski definition) is 0. The summed E-state index contributed by atoms with van der Waals surface area (Å²) in [5.74, 6) is 0.932. The molecule has 0 radical (unpaired) electrons. The van der Waals surface area contributed by atoms with Crippen molar-refractivity contribution in [3.63, 3.8) is 0 Å². The Labute approximate surface area is 313 Å². The summed E-state index contributed by atoms with van der Waals surface area (Å²) in [5, 5.41) is 0. The van der Waals surface area contributed by atoms with Gasteiger partial charge in [0.15, 0.2) is 0 Å². The Balaban J connectivity index is 1.06. The van der Waals surface area contributed by atoms with Crippen LogP contribution in [0, 0.1) is 0 Å². The third-order valence-electron chi connectivity index (χ3n) is 10.2. The molecule has 0 aliphatic carbocycles. The summed E-state index contributed by atoms with van der Waals surface area (Å²) < 4.78 is 4.44. The van der Waals surface area contributed by atoms with E-state index < -0.39 is 0 Å². The molecular weight excluding hydrogens is 657 g/mol. The van der Waals surface area contributed by atoms with Gasteiger partial charge in [0.25, 0.3) is 0 Å². The third kappa shape index (κ3) is 5.67. The van der Waals surface area contributed by atoms with E-state index in [2.05, 4.69) is 191 Å². The van der Waals surface area contributed by atoms with Gasteiger partial charge in [0.1, 0.15) is 11.5 Å². The Morgan fingerprint density at radius 1 is 0.352 bits per heavy atom. The van der Waals surface area contributed by atoms with Gasteiger partial charge in [-0.25, -0.2) is 9.97 Å².